The standard InChI is InChI=1S/C23H30N4O3S/c24-23(27-22-9-3-6-18-5-1-2-8-21(18)22)25-15-17-10-12-20(13-11-17)31(28,29)26-16-19-7-4-14-30-19/h3,6,9-13,19,26H,1-2,4-5,7-8,14-16H2,(H3,24,25,27). The highest BCUT2D eigenvalue weighted by molar-refractivity contribution is 7.89. The van der Waals surface area contributed by atoms with E-state index >= 15 is 0 Å². The quantitative estimate of drug-likeness (QED) is 0.452. The van der Waals surface area contributed by atoms with Crippen LogP contribution in [0.25, 0.3) is 0 Å². The zero-order chi connectivity index (χ0) is 21.7. The van der Waals surface area contributed by atoms with Gasteiger partial charge in [-0.25, -0.2) is 18.1 Å². The van der Waals surface area contributed by atoms with Gasteiger partial charge in [0.15, 0.2) is 5.96 Å². The molecule has 31 heavy (non-hydrogen) atoms. The minimum absolute atomic E-state index is 0.0333. The van der Waals surface area contributed by atoms with Crippen LogP contribution < -0.4 is 15.8 Å². The molecule has 1 unspecified atom stereocenters. The van der Waals surface area contributed by atoms with Crippen molar-refractivity contribution in [2.24, 2.45) is 10.7 Å². The van der Waals surface area contributed by atoms with Crippen molar-refractivity contribution in [2.45, 2.75) is 56.1 Å². The van der Waals surface area contributed by atoms with E-state index in [9.17, 15) is 8.42 Å². The number of benzene rings is 2. The molecule has 0 aromatic heterocycles. The monoisotopic (exact) mass is 442 g/mol. The fourth-order valence-electron chi connectivity index (χ4n) is 4.12. The molecule has 1 heterocycles. The molecule has 2 aliphatic rings. The summed E-state index contributed by atoms with van der Waals surface area (Å²) in [6.45, 7) is 1.38. The summed E-state index contributed by atoms with van der Waals surface area (Å²) in [6, 6.07) is 13.0. The molecule has 4 N–H and O–H groups in total. The van der Waals surface area contributed by atoms with Crippen LogP contribution in [0.4, 0.5) is 5.69 Å². The van der Waals surface area contributed by atoms with Crippen LogP contribution in [0.2, 0.25) is 0 Å². The van der Waals surface area contributed by atoms with E-state index in [1.54, 1.807) is 24.3 Å². The molecule has 0 radical (unpaired) electrons. The van der Waals surface area contributed by atoms with Gasteiger partial charge in [-0.15, -0.1) is 0 Å². The Morgan fingerprint density at radius 3 is 2.68 bits per heavy atom. The van der Waals surface area contributed by atoms with E-state index in [1.807, 2.05) is 12.1 Å². The molecule has 0 saturated carbocycles. The molecule has 8 heteroatoms. The first-order valence-corrected chi connectivity index (χ1v) is 12.4. The first-order chi connectivity index (χ1) is 15.0. The van der Waals surface area contributed by atoms with Crippen LogP contribution in [0.15, 0.2) is 52.4 Å². The number of sulfonamides is 1. The number of guanidine groups is 1. The summed E-state index contributed by atoms with van der Waals surface area (Å²) in [5.74, 6) is 0.355. The number of nitrogens with two attached hydrogens (primary N) is 1. The SMILES string of the molecule is NC(=NCc1ccc(S(=O)(=O)NCC2CCCO2)cc1)Nc1cccc2c1CCCC2. The number of fused-ring (bicyclic) bond motifs is 1. The van der Waals surface area contributed by atoms with Crippen molar-refractivity contribution in [1.29, 1.82) is 0 Å². The van der Waals surface area contributed by atoms with Crippen LogP contribution in [0.5, 0.6) is 0 Å². The van der Waals surface area contributed by atoms with Gasteiger partial charge in [0.2, 0.25) is 10.0 Å². The van der Waals surface area contributed by atoms with Gasteiger partial charge in [-0.05, 0) is 73.4 Å². The zero-order valence-electron chi connectivity index (χ0n) is 17.6. The number of nitrogens with one attached hydrogen (secondary N) is 2. The van der Waals surface area contributed by atoms with E-state index in [2.05, 4.69) is 21.1 Å². The van der Waals surface area contributed by atoms with Crippen LogP contribution in [0.3, 0.4) is 0 Å². The van der Waals surface area contributed by atoms with Crippen molar-refractivity contribution in [3.05, 3.63) is 59.2 Å². The second-order valence-electron chi connectivity index (χ2n) is 8.11. The maximum absolute atomic E-state index is 12.5. The van der Waals surface area contributed by atoms with Gasteiger partial charge < -0.3 is 15.8 Å². The molecular weight excluding hydrogens is 412 g/mol. The molecule has 166 valence electrons. The average molecular weight is 443 g/mol. The minimum atomic E-state index is -3.55. The van der Waals surface area contributed by atoms with Gasteiger partial charge in [0, 0.05) is 18.8 Å². The molecule has 4 rings (SSSR count). The summed E-state index contributed by atoms with van der Waals surface area (Å²) in [6.07, 6.45) is 6.43. The Morgan fingerprint density at radius 2 is 1.90 bits per heavy atom. The molecule has 0 bridgehead atoms. The molecule has 2 aromatic carbocycles. The Hall–Kier alpha value is -2.42. The fraction of sp³-hybridized carbons (Fsp3) is 0.435. The smallest absolute Gasteiger partial charge is 0.240 e. The molecule has 1 fully saturated rings. The van der Waals surface area contributed by atoms with Gasteiger partial charge in [0.25, 0.3) is 0 Å². The first kappa shape index (κ1) is 21.8. The number of rotatable bonds is 7. The first-order valence-electron chi connectivity index (χ1n) is 10.9. The van der Waals surface area contributed by atoms with Gasteiger partial charge in [-0.1, -0.05) is 24.3 Å². The van der Waals surface area contributed by atoms with Gasteiger partial charge in [-0.3, -0.25) is 0 Å². The maximum atomic E-state index is 12.5. The van der Waals surface area contributed by atoms with Crippen molar-refractivity contribution in [3.8, 4) is 0 Å². The van der Waals surface area contributed by atoms with E-state index < -0.39 is 10.0 Å². The average Bonchev–Trinajstić information content (AvgIpc) is 3.31. The lowest BCUT2D eigenvalue weighted by atomic mass is 9.90. The lowest BCUT2D eigenvalue weighted by Gasteiger charge is -2.19. The summed E-state index contributed by atoms with van der Waals surface area (Å²) < 4.78 is 33.0. The Morgan fingerprint density at radius 1 is 1.10 bits per heavy atom. The zero-order valence-corrected chi connectivity index (χ0v) is 18.5. The van der Waals surface area contributed by atoms with Gasteiger partial charge in [-0.2, -0.15) is 0 Å². The third-order valence-corrected chi connectivity index (χ3v) is 7.29. The predicted molar refractivity (Wildman–Crippen MR) is 123 cm³/mol. The second kappa shape index (κ2) is 9.80. The van der Waals surface area contributed by atoms with Crippen LogP contribution in [-0.2, 0) is 34.1 Å². The van der Waals surface area contributed by atoms with Gasteiger partial charge >= 0.3 is 0 Å². The summed E-state index contributed by atoms with van der Waals surface area (Å²) in [5, 5.41) is 3.23. The molecule has 0 spiro atoms. The highest BCUT2D eigenvalue weighted by Crippen LogP contribution is 2.27. The Labute approximate surface area is 184 Å². The summed E-state index contributed by atoms with van der Waals surface area (Å²) in [7, 11) is -3.55. The van der Waals surface area contributed by atoms with E-state index in [1.165, 1.54) is 24.0 Å². The Bertz CT molecular complexity index is 1030. The number of hydrogen-bond acceptors (Lipinski definition) is 4. The number of aryl methyl sites for hydroxylation is 1. The van der Waals surface area contributed by atoms with Crippen molar-refractivity contribution in [3.63, 3.8) is 0 Å². The van der Waals surface area contributed by atoms with E-state index in [0.29, 0.717) is 25.7 Å². The Balaban J connectivity index is 1.35. The van der Waals surface area contributed by atoms with Crippen molar-refractivity contribution in [1.82, 2.24) is 4.72 Å². The summed E-state index contributed by atoms with van der Waals surface area (Å²) in [4.78, 5) is 4.66. The highest BCUT2D eigenvalue weighted by atomic mass is 32.2. The van der Waals surface area contributed by atoms with E-state index in [-0.39, 0.29) is 11.0 Å². The van der Waals surface area contributed by atoms with Crippen LogP contribution in [0.1, 0.15) is 42.4 Å². The van der Waals surface area contributed by atoms with E-state index in [4.69, 9.17) is 10.5 Å². The van der Waals surface area contributed by atoms with Gasteiger partial charge in [0.1, 0.15) is 0 Å². The van der Waals surface area contributed by atoms with E-state index in [0.717, 1.165) is 36.9 Å². The molecule has 0 amide bonds. The summed E-state index contributed by atoms with van der Waals surface area (Å²) >= 11 is 0. The second-order valence-corrected chi connectivity index (χ2v) is 9.87. The predicted octanol–water partition coefficient (Wildman–Crippen LogP) is 2.95. The number of nitrogens with zero attached hydrogens (tertiary/aromatic N) is 1. The van der Waals surface area contributed by atoms with Crippen LogP contribution in [0, 0.1) is 0 Å². The number of hydrogen-bond donors (Lipinski definition) is 3. The van der Waals surface area contributed by atoms with Crippen LogP contribution in [-0.4, -0.2) is 33.6 Å². The number of aliphatic imine (C=N–C) groups is 1. The molecule has 1 aliphatic carbocycles. The number of anilines is 1. The molecule has 2 aromatic rings. The summed E-state index contributed by atoms with van der Waals surface area (Å²) in [5.41, 5.74) is 10.7. The normalized spacial score (nSPS) is 19.2. The molecular formula is C23H30N4O3S. The lowest BCUT2D eigenvalue weighted by molar-refractivity contribution is 0.114. The molecule has 1 saturated heterocycles. The van der Waals surface area contributed by atoms with Crippen molar-refractivity contribution < 1.29 is 13.2 Å². The lowest BCUT2D eigenvalue weighted by Crippen LogP contribution is -2.31. The molecule has 7 nitrogen and oxygen atoms in total. The topological polar surface area (TPSA) is 106 Å². The van der Waals surface area contributed by atoms with Crippen molar-refractivity contribution in [2.75, 3.05) is 18.5 Å². The van der Waals surface area contributed by atoms with Gasteiger partial charge in [0.05, 0.1) is 17.5 Å². The molecule has 1 atom stereocenters. The third-order valence-electron chi connectivity index (χ3n) is 5.85. The minimum Gasteiger partial charge on any atom is -0.377 e. The van der Waals surface area contributed by atoms with Crippen molar-refractivity contribution >= 4 is 21.7 Å². The third kappa shape index (κ3) is 5.64. The largest absolute Gasteiger partial charge is 0.377 e. The fourth-order valence-corrected chi connectivity index (χ4v) is 5.18. The molecule has 1 aliphatic heterocycles. The number of ether oxygens (including phenoxy) is 1. The van der Waals surface area contributed by atoms with Crippen LogP contribution >= 0.6 is 0 Å². The Kier molecular flexibility index (Phi) is 6.89. The highest BCUT2D eigenvalue weighted by Gasteiger charge is 2.20. The maximum Gasteiger partial charge on any atom is 0.240 e.